The molecule has 2 aliphatic rings. The number of benzene rings is 2. The average Bonchev–Trinajstić information content (AvgIpc) is 3.31. The van der Waals surface area contributed by atoms with Crippen LogP contribution in [0.25, 0.3) is 17.3 Å². The van der Waals surface area contributed by atoms with E-state index >= 15 is 0 Å². The Morgan fingerprint density at radius 1 is 1.00 bits per heavy atom. The summed E-state index contributed by atoms with van der Waals surface area (Å²) in [6, 6.07) is 18.1. The molecule has 28 heavy (non-hydrogen) atoms. The van der Waals surface area contributed by atoms with Crippen molar-refractivity contribution in [1.29, 1.82) is 0 Å². The molecule has 0 bridgehead atoms. The summed E-state index contributed by atoms with van der Waals surface area (Å²) in [5.74, 6) is 0.135. The molecule has 0 radical (unpaired) electrons. The van der Waals surface area contributed by atoms with E-state index in [4.69, 9.17) is 9.72 Å². The molecule has 0 spiro atoms. The van der Waals surface area contributed by atoms with Gasteiger partial charge in [0, 0.05) is 36.2 Å². The molecule has 5 heteroatoms. The summed E-state index contributed by atoms with van der Waals surface area (Å²) in [5, 5.41) is 0.997. The quantitative estimate of drug-likeness (QED) is 0.621. The number of hydrogen-bond donors (Lipinski definition) is 0. The van der Waals surface area contributed by atoms with Crippen molar-refractivity contribution >= 4 is 28.3 Å². The van der Waals surface area contributed by atoms with E-state index in [1.54, 1.807) is 11.3 Å². The van der Waals surface area contributed by atoms with E-state index in [0.29, 0.717) is 6.42 Å². The zero-order chi connectivity index (χ0) is 18.9. The van der Waals surface area contributed by atoms with Crippen molar-refractivity contribution in [2.75, 3.05) is 31.2 Å². The number of nitrogens with zero attached hydrogens (tertiary/aromatic N) is 2. The van der Waals surface area contributed by atoms with Crippen LogP contribution in [0.2, 0.25) is 0 Å². The number of ether oxygens (including phenoxy) is 1. The number of carbonyl (C=O) groups excluding carboxylic acids is 1. The third-order valence-corrected chi connectivity index (χ3v) is 6.27. The molecule has 2 heterocycles. The number of allylic oxidation sites excluding steroid dienone is 1. The maximum atomic E-state index is 12.8. The second-order valence-electron chi connectivity index (χ2n) is 7.01. The predicted octanol–water partition coefficient (Wildman–Crippen LogP) is 4.47. The van der Waals surface area contributed by atoms with Crippen LogP contribution >= 0.6 is 11.3 Å². The summed E-state index contributed by atoms with van der Waals surface area (Å²) >= 11 is 1.66. The molecule has 0 amide bonds. The lowest BCUT2D eigenvalue weighted by Crippen LogP contribution is -2.36. The van der Waals surface area contributed by atoms with Crippen LogP contribution in [-0.4, -0.2) is 37.1 Å². The Kier molecular flexibility index (Phi) is 4.55. The maximum absolute atomic E-state index is 12.8. The smallest absolute Gasteiger partial charge is 0.189 e. The van der Waals surface area contributed by atoms with Crippen molar-refractivity contribution in [1.82, 2.24) is 4.98 Å². The fourth-order valence-electron chi connectivity index (χ4n) is 3.74. The van der Waals surface area contributed by atoms with Crippen LogP contribution in [0.3, 0.4) is 0 Å². The van der Waals surface area contributed by atoms with Crippen molar-refractivity contribution in [2.45, 2.75) is 6.42 Å². The number of rotatable bonds is 3. The van der Waals surface area contributed by atoms with E-state index in [1.165, 1.54) is 0 Å². The number of ketones is 1. The fraction of sp³-hybridized carbons (Fsp3) is 0.217. The van der Waals surface area contributed by atoms with Gasteiger partial charge in [0.2, 0.25) is 0 Å². The van der Waals surface area contributed by atoms with Gasteiger partial charge in [-0.3, -0.25) is 4.79 Å². The van der Waals surface area contributed by atoms with E-state index in [-0.39, 0.29) is 5.78 Å². The largest absolute Gasteiger partial charge is 0.378 e. The molecule has 0 unspecified atom stereocenters. The molecule has 1 aliphatic heterocycles. The van der Waals surface area contributed by atoms with Crippen LogP contribution in [0.5, 0.6) is 0 Å². The van der Waals surface area contributed by atoms with Crippen LogP contribution in [0.15, 0.2) is 60.2 Å². The second kappa shape index (κ2) is 7.34. The van der Waals surface area contributed by atoms with Crippen molar-refractivity contribution in [3.05, 3.63) is 76.2 Å². The van der Waals surface area contributed by atoms with Gasteiger partial charge in [0.1, 0.15) is 0 Å². The first-order valence-corrected chi connectivity index (χ1v) is 10.3. The van der Waals surface area contributed by atoms with E-state index in [2.05, 4.69) is 17.0 Å². The Morgan fingerprint density at radius 3 is 2.54 bits per heavy atom. The summed E-state index contributed by atoms with van der Waals surface area (Å²) in [6.45, 7) is 3.15. The monoisotopic (exact) mass is 388 g/mol. The number of fused-ring (bicyclic) bond motifs is 1. The van der Waals surface area contributed by atoms with E-state index in [1.807, 2.05) is 48.5 Å². The molecule has 3 aromatic rings. The Bertz CT molecular complexity index is 1050. The molecule has 1 aromatic heterocycles. The first kappa shape index (κ1) is 17.3. The predicted molar refractivity (Wildman–Crippen MR) is 113 cm³/mol. The molecule has 0 N–H and O–H groups in total. The molecule has 2 aromatic carbocycles. The van der Waals surface area contributed by atoms with Crippen molar-refractivity contribution < 1.29 is 9.53 Å². The molecule has 1 saturated heterocycles. The zero-order valence-corrected chi connectivity index (χ0v) is 16.2. The molecule has 0 saturated carbocycles. The van der Waals surface area contributed by atoms with Gasteiger partial charge in [-0.25, -0.2) is 4.98 Å². The Morgan fingerprint density at radius 2 is 1.75 bits per heavy atom. The average molecular weight is 388 g/mol. The molecule has 4 nitrogen and oxygen atoms in total. The van der Waals surface area contributed by atoms with Gasteiger partial charge in [0.25, 0.3) is 0 Å². The Hall–Kier alpha value is -2.76. The number of aromatic nitrogens is 1. The number of anilines is 1. The first-order chi connectivity index (χ1) is 13.8. The number of thiazole rings is 1. The minimum absolute atomic E-state index is 0.135. The number of Topliss-reactive ketones (excluding diaryl/α,β-unsaturated/α-hetero) is 1. The fourth-order valence-corrected chi connectivity index (χ4v) is 4.85. The normalized spacial score (nSPS) is 17.9. The van der Waals surface area contributed by atoms with Gasteiger partial charge in [-0.05, 0) is 11.6 Å². The maximum Gasteiger partial charge on any atom is 0.189 e. The number of hydrogen-bond acceptors (Lipinski definition) is 5. The lowest BCUT2D eigenvalue weighted by molar-refractivity contribution is 0.104. The van der Waals surface area contributed by atoms with Gasteiger partial charge in [-0.15, -0.1) is 0 Å². The SMILES string of the molecule is O=C1/C(=C/c2sc(N3CCOCC3)nc2-c2ccccc2)Cc2ccccc21. The highest BCUT2D eigenvalue weighted by molar-refractivity contribution is 7.17. The topological polar surface area (TPSA) is 42.4 Å². The van der Waals surface area contributed by atoms with Crippen molar-refractivity contribution in [3.8, 4) is 11.3 Å². The summed E-state index contributed by atoms with van der Waals surface area (Å²) in [7, 11) is 0. The van der Waals surface area contributed by atoms with Gasteiger partial charge >= 0.3 is 0 Å². The summed E-state index contributed by atoms with van der Waals surface area (Å²) in [5.41, 5.74) is 4.80. The van der Waals surface area contributed by atoms with Crippen LogP contribution in [0.4, 0.5) is 5.13 Å². The van der Waals surface area contributed by atoms with Crippen LogP contribution in [0.1, 0.15) is 20.8 Å². The molecular weight excluding hydrogens is 368 g/mol. The van der Waals surface area contributed by atoms with E-state index < -0.39 is 0 Å². The van der Waals surface area contributed by atoms with Crippen molar-refractivity contribution in [2.24, 2.45) is 0 Å². The first-order valence-electron chi connectivity index (χ1n) is 9.52. The minimum atomic E-state index is 0.135. The highest BCUT2D eigenvalue weighted by Crippen LogP contribution is 2.37. The summed E-state index contributed by atoms with van der Waals surface area (Å²) in [4.78, 5) is 21.1. The molecule has 0 atom stereocenters. The second-order valence-corrected chi connectivity index (χ2v) is 8.02. The van der Waals surface area contributed by atoms with Crippen LogP contribution in [-0.2, 0) is 11.2 Å². The lowest BCUT2D eigenvalue weighted by atomic mass is 10.1. The molecule has 1 fully saturated rings. The van der Waals surface area contributed by atoms with Gasteiger partial charge in [-0.2, -0.15) is 0 Å². The van der Waals surface area contributed by atoms with Gasteiger partial charge in [-0.1, -0.05) is 65.9 Å². The molecular formula is C23H20N2O2S. The lowest BCUT2D eigenvalue weighted by Gasteiger charge is -2.26. The molecule has 1 aliphatic carbocycles. The number of morpholine rings is 1. The summed E-state index contributed by atoms with van der Waals surface area (Å²) < 4.78 is 5.48. The highest BCUT2D eigenvalue weighted by atomic mass is 32.1. The van der Waals surface area contributed by atoms with Gasteiger partial charge in [0.05, 0.1) is 23.8 Å². The van der Waals surface area contributed by atoms with Crippen molar-refractivity contribution in [3.63, 3.8) is 0 Å². The standard InChI is InChI=1S/C23H20N2O2S/c26-22-18(14-17-8-4-5-9-19(17)22)15-20-21(16-6-2-1-3-7-16)24-23(28-20)25-10-12-27-13-11-25/h1-9,15H,10-14H2/b18-15+. The van der Waals surface area contributed by atoms with E-state index in [0.717, 1.165) is 64.3 Å². The molecule has 140 valence electrons. The summed E-state index contributed by atoms with van der Waals surface area (Å²) in [6.07, 6.45) is 2.74. The van der Waals surface area contributed by atoms with E-state index in [9.17, 15) is 4.79 Å². The zero-order valence-electron chi connectivity index (χ0n) is 15.4. The number of carbonyl (C=O) groups is 1. The highest BCUT2D eigenvalue weighted by Gasteiger charge is 2.26. The third-order valence-electron chi connectivity index (χ3n) is 5.21. The third kappa shape index (κ3) is 3.17. The van der Waals surface area contributed by atoms with Gasteiger partial charge < -0.3 is 9.64 Å². The van der Waals surface area contributed by atoms with Crippen LogP contribution in [0, 0.1) is 0 Å². The Labute approximate surface area is 168 Å². The Balaban J connectivity index is 1.56. The van der Waals surface area contributed by atoms with Gasteiger partial charge in [0.15, 0.2) is 10.9 Å². The minimum Gasteiger partial charge on any atom is -0.378 e. The van der Waals surface area contributed by atoms with Crippen LogP contribution < -0.4 is 4.90 Å². The molecule has 5 rings (SSSR count).